The van der Waals surface area contributed by atoms with Crippen LogP contribution in [0.3, 0.4) is 0 Å². The van der Waals surface area contributed by atoms with Gasteiger partial charge in [-0.1, -0.05) is 0 Å². The lowest BCUT2D eigenvalue weighted by Gasteiger charge is -2.13. The Hall–Kier alpha value is -1.48. The Morgan fingerprint density at radius 1 is 1.47 bits per heavy atom. The van der Waals surface area contributed by atoms with Crippen LogP contribution in [0.4, 0.5) is 18.9 Å². The quantitative estimate of drug-likeness (QED) is 0.758. The fraction of sp³-hybridized carbons (Fsp3) is 0.300. The van der Waals surface area contributed by atoms with Gasteiger partial charge in [0.05, 0.1) is 4.47 Å². The zero-order valence-corrected chi connectivity index (χ0v) is 11.1. The summed E-state index contributed by atoms with van der Waals surface area (Å²) >= 11 is 2.95. The summed E-state index contributed by atoms with van der Waals surface area (Å²) in [5, 5.41) is 2.76. The molecule has 0 aliphatic rings. The van der Waals surface area contributed by atoms with E-state index in [1.165, 1.54) is 12.1 Å². The third kappa shape index (κ3) is 5.35. The molecule has 0 bridgehead atoms. The second-order valence-electron chi connectivity index (χ2n) is 3.58. The van der Waals surface area contributed by atoms with E-state index in [-0.39, 0.29) is 16.8 Å². The van der Waals surface area contributed by atoms with Gasteiger partial charge < -0.3 is 21.5 Å². The first-order chi connectivity index (χ1) is 8.69. The number of ether oxygens (including phenoxy) is 1. The van der Waals surface area contributed by atoms with Gasteiger partial charge in [0.1, 0.15) is 11.8 Å². The minimum atomic E-state index is -4.76. The molecular weight excluding hydrogens is 331 g/mol. The molecule has 9 heteroatoms. The van der Waals surface area contributed by atoms with Gasteiger partial charge in [-0.3, -0.25) is 4.79 Å². The van der Waals surface area contributed by atoms with Crippen molar-refractivity contribution in [3.05, 3.63) is 22.7 Å². The number of hydrogen-bond donors (Lipinski definition) is 3. The minimum absolute atomic E-state index is 0.0707. The highest BCUT2D eigenvalue weighted by molar-refractivity contribution is 9.10. The monoisotopic (exact) mass is 341 g/mol. The molecule has 106 valence electrons. The van der Waals surface area contributed by atoms with Crippen molar-refractivity contribution in [1.29, 1.82) is 0 Å². The average molecular weight is 342 g/mol. The van der Waals surface area contributed by atoms with Crippen LogP contribution in [0.2, 0.25) is 0 Å². The Bertz CT molecular complexity index is 468. The van der Waals surface area contributed by atoms with Crippen molar-refractivity contribution in [2.24, 2.45) is 11.5 Å². The number of nitrogens with one attached hydrogen (secondary N) is 1. The molecule has 0 spiro atoms. The van der Waals surface area contributed by atoms with E-state index in [1.807, 2.05) is 0 Å². The molecule has 1 amide bonds. The van der Waals surface area contributed by atoms with Crippen molar-refractivity contribution in [2.75, 3.05) is 11.9 Å². The molecule has 5 N–H and O–H groups in total. The van der Waals surface area contributed by atoms with Crippen molar-refractivity contribution in [2.45, 2.75) is 12.4 Å². The molecular formula is C10H11BrF3N3O2. The zero-order chi connectivity index (χ0) is 14.6. The predicted molar refractivity (Wildman–Crippen MR) is 66.5 cm³/mol. The van der Waals surface area contributed by atoms with Gasteiger partial charge in [-0.15, -0.1) is 13.2 Å². The summed E-state index contributed by atoms with van der Waals surface area (Å²) in [7, 11) is 0. The van der Waals surface area contributed by atoms with E-state index in [4.69, 9.17) is 11.5 Å². The zero-order valence-electron chi connectivity index (χ0n) is 9.50. The molecule has 19 heavy (non-hydrogen) atoms. The number of carbonyl (C=O) groups is 1. The summed E-state index contributed by atoms with van der Waals surface area (Å²) in [6, 6.07) is 2.98. The van der Waals surface area contributed by atoms with Crippen LogP contribution < -0.4 is 21.5 Å². The molecule has 0 radical (unpaired) electrons. The van der Waals surface area contributed by atoms with Crippen LogP contribution in [0.1, 0.15) is 0 Å². The number of halogens is 4. The maximum absolute atomic E-state index is 12.0. The largest absolute Gasteiger partial charge is 0.573 e. The molecule has 1 rings (SSSR count). The topological polar surface area (TPSA) is 90.4 Å². The summed E-state index contributed by atoms with van der Waals surface area (Å²) in [4.78, 5) is 10.7. The standard InChI is InChI=1S/C10H11BrF3N3O2/c11-6-3-5(17-4-7(15)9(16)18)1-2-8(6)19-10(12,13)14/h1-3,7,17H,4,15H2,(H2,16,18). The fourth-order valence-corrected chi connectivity index (χ4v) is 1.61. The Balaban J connectivity index is 2.69. The summed E-state index contributed by atoms with van der Waals surface area (Å²) in [6.45, 7) is 0.0707. The number of benzene rings is 1. The minimum Gasteiger partial charge on any atom is -0.405 e. The number of alkyl halides is 3. The Kier molecular flexibility index (Phi) is 5.01. The number of carbonyl (C=O) groups excluding carboxylic acids is 1. The van der Waals surface area contributed by atoms with E-state index in [0.717, 1.165) is 6.07 Å². The third-order valence-electron chi connectivity index (χ3n) is 2.05. The lowest BCUT2D eigenvalue weighted by molar-refractivity contribution is -0.274. The first-order valence-electron chi connectivity index (χ1n) is 5.03. The molecule has 5 nitrogen and oxygen atoms in total. The van der Waals surface area contributed by atoms with E-state index < -0.39 is 18.3 Å². The number of rotatable bonds is 5. The van der Waals surface area contributed by atoms with Gasteiger partial charge >= 0.3 is 6.36 Å². The number of amides is 1. The van der Waals surface area contributed by atoms with Gasteiger partial charge in [0.25, 0.3) is 0 Å². The molecule has 1 atom stereocenters. The van der Waals surface area contributed by atoms with E-state index >= 15 is 0 Å². The van der Waals surface area contributed by atoms with Gasteiger partial charge in [0.2, 0.25) is 5.91 Å². The smallest absolute Gasteiger partial charge is 0.405 e. The van der Waals surface area contributed by atoms with Crippen molar-refractivity contribution >= 4 is 27.5 Å². The van der Waals surface area contributed by atoms with Crippen molar-refractivity contribution in [3.8, 4) is 5.75 Å². The SMILES string of the molecule is NC(=O)C(N)CNc1ccc(OC(F)(F)F)c(Br)c1. The number of nitrogens with two attached hydrogens (primary N) is 2. The van der Waals surface area contributed by atoms with Crippen molar-refractivity contribution < 1.29 is 22.7 Å². The van der Waals surface area contributed by atoms with Gasteiger partial charge in [-0.25, -0.2) is 0 Å². The van der Waals surface area contributed by atoms with E-state index in [1.54, 1.807) is 0 Å². The molecule has 0 aliphatic heterocycles. The van der Waals surface area contributed by atoms with E-state index in [9.17, 15) is 18.0 Å². The van der Waals surface area contributed by atoms with Gasteiger partial charge in [0.15, 0.2) is 0 Å². The maximum atomic E-state index is 12.0. The molecule has 0 heterocycles. The third-order valence-corrected chi connectivity index (χ3v) is 2.67. The Labute approximate surface area is 115 Å². The van der Waals surface area contributed by atoms with Gasteiger partial charge in [-0.2, -0.15) is 0 Å². The van der Waals surface area contributed by atoms with Crippen molar-refractivity contribution in [3.63, 3.8) is 0 Å². The maximum Gasteiger partial charge on any atom is 0.573 e. The highest BCUT2D eigenvalue weighted by Crippen LogP contribution is 2.32. The summed E-state index contributed by atoms with van der Waals surface area (Å²) in [5.74, 6) is -1.04. The second-order valence-corrected chi connectivity index (χ2v) is 4.44. The van der Waals surface area contributed by atoms with Crippen LogP contribution in [-0.4, -0.2) is 24.9 Å². The van der Waals surface area contributed by atoms with Crippen LogP contribution in [0.15, 0.2) is 22.7 Å². The molecule has 1 aromatic carbocycles. The first-order valence-corrected chi connectivity index (χ1v) is 5.82. The van der Waals surface area contributed by atoms with Gasteiger partial charge in [-0.05, 0) is 34.1 Å². The Morgan fingerprint density at radius 2 is 2.11 bits per heavy atom. The van der Waals surface area contributed by atoms with E-state index in [0.29, 0.717) is 5.69 Å². The Morgan fingerprint density at radius 3 is 2.58 bits per heavy atom. The lowest BCUT2D eigenvalue weighted by atomic mass is 10.2. The molecule has 1 unspecified atom stereocenters. The van der Waals surface area contributed by atoms with Crippen molar-refractivity contribution in [1.82, 2.24) is 0 Å². The van der Waals surface area contributed by atoms with Crippen LogP contribution in [0.5, 0.6) is 5.75 Å². The van der Waals surface area contributed by atoms with Crippen LogP contribution in [0, 0.1) is 0 Å². The number of primary amides is 1. The number of anilines is 1. The molecule has 0 aromatic heterocycles. The second kappa shape index (κ2) is 6.11. The van der Waals surface area contributed by atoms with E-state index in [2.05, 4.69) is 26.0 Å². The lowest BCUT2D eigenvalue weighted by Crippen LogP contribution is -2.41. The molecule has 0 aliphatic carbocycles. The number of hydrogen-bond acceptors (Lipinski definition) is 4. The molecule has 0 fully saturated rings. The summed E-state index contributed by atoms with van der Waals surface area (Å²) in [6.07, 6.45) is -4.76. The van der Waals surface area contributed by atoms with Gasteiger partial charge in [0, 0.05) is 12.2 Å². The van der Waals surface area contributed by atoms with Crippen LogP contribution in [-0.2, 0) is 4.79 Å². The molecule has 0 saturated heterocycles. The van der Waals surface area contributed by atoms with Crippen LogP contribution >= 0.6 is 15.9 Å². The highest BCUT2D eigenvalue weighted by Gasteiger charge is 2.31. The van der Waals surface area contributed by atoms with Crippen LogP contribution in [0.25, 0.3) is 0 Å². The average Bonchev–Trinajstić information content (AvgIpc) is 2.27. The summed E-state index contributed by atoms with van der Waals surface area (Å²) in [5.41, 5.74) is 10.8. The first kappa shape index (κ1) is 15.6. The predicted octanol–water partition coefficient (Wildman–Crippen LogP) is 1.57. The fourth-order valence-electron chi connectivity index (χ4n) is 1.15. The normalized spacial score (nSPS) is 12.9. The highest BCUT2D eigenvalue weighted by atomic mass is 79.9. The summed E-state index contributed by atoms with van der Waals surface area (Å²) < 4.78 is 40.0. The molecule has 0 saturated carbocycles. The molecule has 1 aromatic rings.